The molecule has 1 heterocycles. The van der Waals surface area contributed by atoms with Gasteiger partial charge in [0.2, 0.25) is 0 Å². The zero-order chi connectivity index (χ0) is 16.1. The second-order valence-electron chi connectivity index (χ2n) is 6.07. The Morgan fingerprint density at radius 2 is 1.68 bits per heavy atom. The van der Waals surface area contributed by atoms with Crippen LogP contribution >= 0.6 is 11.6 Å². The highest BCUT2D eigenvalue weighted by Gasteiger charge is 2.18. The highest BCUT2D eigenvalue weighted by atomic mass is 35.5. The number of hydrogen-bond donors (Lipinski definition) is 1. The molecule has 0 saturated carbocycles. The number of halogens is 1. The summed E-state index contributed by atoms with van der Waals surface area (Å²) in [7, 11) is 0. The summed E-state index contributed by atoms with van der Waals surface area (Å²) in [4.78, 5) is 4.73. The van der Waals surface area contributed by atoms with Gasteiger partial charge in [-0.15, -0.1) is 0 Å². The number of likely N-dealkylation sites (N-methyl/N-ethyl adjacent to an activating group) is 1. The maximum Gasteiger partial charge on any atom is 0.120 e. The summed E-state index contributed by atoms with van der Waals surface area (Å²) in [6, 6.07) is 3.84. The summed E-state index contributed by atoms with van der Waals surface area (Å²) >= 11 is 6.15. The minimum Gasteiger partial charge on any atom is -0.491 e. The minimum absolute atomic E-state index is 0.314. The van der Waals surface area contributed by atoms with Gasteiger partial charge < -0.3 is 14.7 Å². The van der Waals surface area contributed by atoms with Crippen molar-refractivity contribution in [2.75, 3.05) is 45.9 Å². The number of piperazine rings is 1. The molecule has 1 atom stereocenters. The average molecular weight is 327 g/mol. The number of benzene rings is 1. The zero-order valence-corrected chi connectivity index (χ0v) is 14.6. The van der Waals surface area contributed by atoms with Gasteiger partial charge in [-0.05, 0) is 43.7 Å². The van der Waals surface area contributed by atoms with Gasteiger partial charge in [0.25, 0.3) is 0 Å². The Labute approximate surface area is 138 Å². The van der Waals surface area contributed by atoms with Crippen molar-refractivity contribution in [1.29, 1.82) is 0 Å². The van der Waals surface area contributed by atoms with E-state index in [4.69, 9.17) is 16.3 Å². The lowest BCUT2D eigenvalue weighted by atomic mass is 10.1. The van der Waals surface area contributed by atoms with Gasteiger partial charge in [0.1, 0.15) is 18.5 Å². The quantitative estimate of drug-likeness (QED) is 0.870. The lowest BCUT2D eigenvalue weighted by Gasteiger charge is -2.34. The van der Waals surface area contributed by atoms with Crippen LogP contribution < -0.4 is 4.74 Å². The van der Waals surface area contributed by atoms with Gasteiger partial charge in [0.05, 0.1) is 0 Å². The molecule has 0 unspecified atom stereocenters. The fourth-order valence-electron chi connectivity index (χ4n) is 2.82. The predicted molar refractivity (Wildman–Crippen MR) is 91.0 cm³/mol. The van der Waals surface area contributed by atoms with Gasteiger partial charge in [-0.2, -0.15) is 0 Å². The van der Waals surface area contributed by atoms with Crippen LogP contribution in [0.25, 0.3) is 0 Å². The zero-order valence-electron chi connectivity index (χ0n) is 13.8. The molecule has 2 rings (SSSR count). The number of β-amino-alcohol motifs (C(OH)–C–C–N with tert-alkyl or cyclic N) is 1. The molecule has 5 heteroatoms. The third-order valence-corrected chi connectivity index (χ3v) is 4.83. The van der Waals surface area contributed by atoms with E-state index in [0.29, 0.717) is 13.2 Å². The molecule has 124 valence electrons. The Balaban J connectivity index is 1.77. The van der Waals surface area contributed by atoms with Gasteiger partial charge >= 0.3 is 0 Å². The molecule has 0 radical (unpaired) electrons. The first-order valence-corrected chi connectivity index (χ1v) is 8.39. The number of hydrogen-bond acceptors (Lipinski definition) is 4. The molecule has 0 aromatic heterocycles. The van der Waals surface area contributed by atoms with E-state index in [1.165, 1.54) is 0 Å². The summed E-state index contributed by atoms with van der Waals surface area (Å²) in [5, 5.41) is 11.0. The van der Waals surface area contributed by atoms with Crippen LogP contribution in [-0.2, 0) is 0 Å². The molecule has 1 aromatic rings. The van der Waals surface area contributed by atoms with Crippen LogP contribution in [0.3, 0.4) is 0 Å². The molecule has 0 bridgehead atoms. The summed E-state index contributed by atoms with van der Waals surface area (Å²) in [6.07, 6.45) is -0.468. The largest absolute Gasteiger partial charge is 0.491 e. The second-order valence-corrected chi connectivity index (χ2v) is 6.45. The third-order valence-electron chi connectivity index (χ3n) is 4.23. The minimum atomic E-state index is -0.468. The maximum atomic E-state index is 10.2. The molecule has 4 nitrogen and oxygen atoms in total. The fraction of sp³-hybridized carbons (Fsp3) is 0.647. The van der Waals surface area contributed by atoms with Gasteiger partial charge in [0, 0.05) is 37.7 Å². The predicted octanol–water partition coefficient (Wildman–Crippen LogP) is 2.33. The Morgan fingerprint density at radius 1 is 1.14 bits per heavy atom. The molecular weight excluding hydrogens is 300 g/mol. The number of ether oxygens (including phenoxy) is 1. The van der Waals surface area contributed by atoms with Crippen molar-refractivity contribution in [2.24, 2.45) is 0 Å². The molecule has 0 amide bonds. The Hall–Kier alpha value is -0.810. The second kappa shape index (κ2) is 8.16. The number of aliphatic hydroxyl groups excluding tert-OH is 1. The van der Waals surface area contributed by atoms with Crippen LogP contribution in [-0.4, -0.2) is 66.9 Å². The first kappa shape index (κ1) is 17.5. The smallest absolute Gasteiger partial charge is 0.120 e. The van der Waals surface area contributed by atoms with Gasteiger partial charge in [-0.1, -0.05) is 18.5 Å². The molecule has 1 aliphatic heterocycles. The van der Waals surface area contributed by atoms with Gasteiger partial charge in [-0.25, -0.2) is 0 Å². The van der Waals surface area contributed by atoms with E-state index in [-0.39, 0.29) is 0 Å². The molecular formula is C17H27ClN2O2. The van der Waals surface area contributed by atoms with E-state index in [9.17, 15) is 5.11 Å². The Kier molecular flexibility index (Phi) is 6.50. The highest BCUT2D eigenvalue weighted by Crippen LogP contribution is 2.25. The number of nitrogens with zero attached hydrogens (tertiary/aromatic N) is 2. The highest BCUT2D eigenvalue weighted by molar-refractivity contribution is 6.32. The molecule has 1 fully saturated rings. The molecule has 1 saturated heterocycles. The SMILES string of the molecule is CCN1CCN(C[C@H](O)COc2cc(C)c(Cl)c(C)c2)CC1. The van der Waals surface area contributed by atoms with Crippen molar-refractivity contribution < 1.29 is 9.84 Å². The monoisotopic (exact) mass is 326 g/mol. The Morgan fingerprint density at radius 3 is 2.23 bits per heavy atom. The summed E-state index contributed by atoms with van der Waals surface area (Å²) < 4.78 is 5.72. The van der Waals surface area contributed by atoms with Crippen molar-refractivity contribution in [1.82, 2.24) is 9.80 Å². The number of aliphatic hydroxyl groups is 1. The molecule has 0 aliphatic carbocycles. The van der Waals surface area contributed by atoms with Crippen LogP contribution in [0, 0.1) is 13.8 Å². The van der Waals surface area contributed by atoms with Crippen molar-refractivity contribution in [3.63, 3.8) is 0 Å². The standard InChI is InChI=1S/C17H27ClN2O2/c1-4-19-5-7-20(8-6-19)11-15(21)12-22-16-9-13(2)17(18)14(3)10-16/h9-10,15,21H,4-8,11-12H2,1-3H3/t15-/m0/s1. The van der Waals surface area contributed by atoms with Crippen molar-refractivity contribution in [2.45, 2.75) is 26.9 Å². The van der Waals surface area contributed by atoms with Gasteiger partial charge in [-0.3, -0.25) is 4.90 Å². The average Bonchev–Trinajstić information content (AvgIpc) is 2.51. The van der Waals surface area contributed by atoms with E-state index in [2.05, 4.69) is 16.7 Å². The first-order chi connectivity index (χ1) is 10.5. The van der Waals surface area contributed by atoms with Gasteiger partial charge in [0.15, 0.2) is 0 Å². The molecule has 1 N–H and O–H groups in total. The van der Waals surface area contributed by atoms with E-state index in [1.54, 1.807) is 0 Å². The van der Waals surface area contributed by atoms with Crippen LogP contribution in [0.2, 0.25) is 5.02 Å². The summed E-state index contributed by atoms with van der Waals surface area (Å²) in [5.74, 6) is 0.772. The molecule has 0 spiro atoms. The lowest BCUT2D eigenvalue weighted by molar-refractivity contribution is 0.0470. The maximum absolute atomic E-state index is 10.2. The van der Waals surface area contributed by atoms with Crippen LogP contribution in [0.15, 0.2) is 12.1 Å². The normalized spacial score (nSPS) is 18.4. The summed E-state index contributed by atoms with van der Waals surface area (Å²) in [6.45, 7) is 12.4. The van der Waals surface area contributed by atoms with Crippen molar-refractivity contribution >= 4 is 11.6 Å². The molecule has 1 aromatic carbocycles. The van der Waals surface area contributed by atoms with Crippen LogP contribution in [0.5, 0.6) is 5.75 Å². The lowest BCUT2D eigenvalue weighted by Crippen LogP contribution is -2.49. The van der Waals surface area contributed by atoms with E-state index >= 15 is 0 Å². The third kappa shape index (κ3) is 4.85. The first-order valence-electron chi connectivity index (χ1n) is 8.02. The fourth-order valence-corrected chi connectivity index (χ4v) is 2.93. The topological polar surface area (TPSA) is 35.9 Å². The van der Waals surface area contributed by atoms with E-state index in [0.717, 1.165) is 54.6 Å². The molecule has 1 aliphatic rings. The number of aryl methyl sites for hydroxylation is 2. The Bertz CT molecular complexity index is 465. The van der Waals surface area contributed by atoms with E-state index in [1.807, 2.05) is 26.0 Å². The molecule has 22 heavy (non-hydrogen) atoms. The van der Waals surface area contributed by atoms with Crippen LogP contribution in [0.1, 0.15) is 18.1 Å². The summed E-state index contributed by atoms with van der Waals surface area (Å²) in [5.41, 5.74) is 2.00. The van der Waals surface area contributed by atoms with E-state index < -0.39 is 6.10 Å². The van der Waals surface area contributed by atoms with Crippen LogP contribution in [0.4, 0.5) is 0 Å². The number of rotatable bonds is 6. The van der Waals surface area contributed by atoms with Crippen molar-refractivity contribution in [3.05, 3.63) is 28.3 Å². The van der Waals surface area contributed by atoms with Crippen molar-refractivity contribution in [3.8, 4) is 5.75 Å².